The lowest BCUT2D eigenvalue weighted by Crippen LogP contribution is -2.37. The Morgan fingerprint density at radius 2 is 2.44 bits per heavy atom. The number of carbonyl (C=O) groups excluding carboxylic acids is 1. The average molecular weight is 262 g/mol. The first-order valence-corrected chi connectivity index (χ1v) is 7.17. The van der Waals surface area contributed by atoms with Crippen LogP contribution >= 0.6 is 11.3 Å². The smallest absolute Gasteiger partial charge is 0.227 e. The number of fused-ring (bicyclic) bond motifs is 1. The summed E-state index contributed by atoms with van der Waals surface area (Å²) in [5, 5.41) is 13.9. The molecular weight excluding hydrogens is 244 g/mol. The zero-order chi connectivity index (χ0) is 13.2. The highest BCUT2D eigenvalue weighted by Crippen LogP contribution is 2.35. The van der Waals surface area contributed by atoms with Gasteiger partial charge in [-0.1, -0.05) is 0 Å². The molecule has 18 heavy (non-hydrogen) atoms. The Hall–Kier alpha value is -1.34. The first kappa shape index (κ1) is 13.1. The van der Waals surface area contributed by atoms with Gasteiger partial charge in [0.1, 0.15) is 0 Å². The molecule has 0 aromatic carbocycles. The Kier molecular flexibility index (Phi) is 3.72. The van der Waals surface area contributed by atoms with Crippen molar-refractivity contribution in [3.8, 4) is 6.07 Å². The number of thiophene rings is 1. The van der Waals surface area contributed by atoms with E-state index in [1.807, 2.05) is 13.8 Å². The summed E-state index contributed by atoms with van der Waals surface area (Å²) < 4.78 is 0. The van der Waals surface area contributed by atoms with E-state index < -0.39 is 5.41 Å². The number of hydrogen-bond donors (Lipinski definition) is 1. The topological polar surface area (TPSA) is 52.9 Å². The lowest BCUT2D eigenvalue weighted by molar-refractivity contribution is -0.123. The Labute approximate surface area is 112 Å². The summed E-state index contributed by atoms with van der Waals surface area (Å²) in [4.78, 5) is 13.6. The fourth-order valence-electron chi connectivity index (χ4n) is 2.23. The number of nitrogens with zero attached hydrogens (tertiary/aromatic N) is 1. The van der Waals surface area contributed by atoms with Gasteiger partial charge in [0.25, 0.3) is 0 Å². The van der Waals surface area contributed by atoms with Crippen LogP contribution in [0.4, 0.5) is 0 Å². The van der Waals surface area contributed by atoms with E-state index in [1.165, 1.54) is 10.4 Å². The third-order valence-corrected chi connectivity index (χ3v) is 4.37. The van der Waals surface area contributed by atoms with Gasteiger partial charge in [-0.05, 0) is 50.1 Å². The second-order valence-corrected chi connectivity index (χ2v) is 6.46. The van der Waals surface area contributed by atoms with E-state index in [0.717, 1.165) is 19.3 Å². The van der Waals surface area contributed by atoms with E-state index in [9.17, 15) is 4.79 Å². The van der Waals surface area contributed by atoms with Gasteiger partial charge in [-0.15, -0.1) is 11.3 Å². The number of nitriles is 1. The molecule has 0 saturated heterocycles. The van der Waals surface area contributed by atoms with Crippen molar-refractivity contribution < 1.29 is 4.79 Å². The minimum absolute atomic E-state index is 0.0190. The molecule has 0 aliphatic heterocycles. The van der Waals surface area contributed by atoms with Crippen LogP contribution in [-0.4, -0.2) is 12.5 Å². The number of amides is 1. The molecule has 96 valence electrons. The highest BCUT2D eigenvalue weighted by molar-refractivity contribution is 7.10. The van der Waals surface area contributed by atoms with Gasteiger partial charge in [0.15, 0.2) is 0 Å². The maximum atomic E-state index is 12.2. The zero-order valence-corrected chi connectivity index (χ0v) is 11.6. The van der Waals surface area contributed by atoms with E-state index >= 15 is 0 Å². The van der Waals surface area contributed by atoms with Crippen LogP contribution in [0.5, 0.6) is 0 Å². The highest BCUT2D eigenvalue weighted by Gasteiger charge is 2.28. The summed E-state index contributed by atoms with van der Waals surface area (Å²) in [6, 6.07) is 4.27. The lowest BCUT2D eigenvalue weighted by atomic mass is 9.86. The van der Waals surface area contributed by atoms with Gasteiger partial charge in [-0.3, -0.25) is 4.79 Å². The molecule has 1 aromatic heterocycles. The molecule has 2 rings (SSSR count). The Balaban J connectivity index is 2.02. The van der Waals surface area contributed by atoms with E-state index in [-0.39, 0.29) is 11.8 Å². The molecule has 0 bridgehead atoms. The lowest BCUT2D eigenvalue weighted by Gasteiger charge is -2.23. The van der Waals surface area contributed by atoms with Crippen LogP contribution < -0.4 is 5.32 Å². The summed E-state index contributed by atoms with van der Waals surface area (Å²) >= 11 is 1.74. The van der Waals surface area contributed by atoms with E-state index in [2.05, 4.69) is 22.8 Å². The third kappa shape index (κ3) is 2.73. The van der Waals surface area contributed by atoms with Crippen LogP contribution in [0.25, 0.3) is 0 Å². The Morgan fingerprint density at radius 1 is 1.67 bits per heavy atom. The summed E-state index contributed by atoms with van der Waals surface area (Å²) in [6.45, 7) is 4.09. The standard InChI is InChI=1S/C14H18N2OS/c1-14(2,8-15)9-16-13(17)11-4-3-5-12-10(11)6-7-18-12/h6-7,11H,3-5,9H2,1-2H3,(H,16,17). The van der Waals surface area contributed by atoms with Gasteiger partial charge in [-0.2, -0.15) is 5.26 Å². The van der Waals surface area contributed by atoms with Crippen molar-refractivity contribution in [1.82, 2.24) is 5.32 Å². The SMILES string of the molecule is CC(C)(C#N)CNC(=O)C1CCCc2sccc21. The summed E-state index contributed by atoms with van der Waals surface area (Å²) in [7, 11) is 0. The molecule has 0 fully saturated rings. The molecule has 1 aliphatic carbocycles. The summed E-state index contributed by atoms with van der Waals surface area (Å²) in [6.07, 6.45) is 3.09. The van der Waals surface area contributed by atoms with Gasteiger partial charge in [0, 0.05) is 11.4 Å². The van der Waals surface area contributed by atoms with Crippen LogP contribution in [0.3, 0.4) is 0 Å². The van der Waals surface area contributed by atoms with Crippen LogP contribution in [-0.2, 0) is 11.2 Å². The predicted octanol–water partition coefficient (Wildman–Crippen LogP) is 2.83. The van der Waals surface area contributed by atoms with Gasteiger partial charge in [0.2, 0.25) is 5.91 Å². The molecule has 0 radical (unpaired) electrons. The quantitative estimate of drug-likeness (QED) is 0.910. The number of rotatable bonds is 3. The van der Waals surface area contributed by atoms with Crippen molar-refractivity contribution in [3.63, 3.8) is 0 Å². The normalized spacial score (nSPS) is 18.8. The molecule has 3 nitrogen and oxygen atoms in total. The fraction of sp³-hybridized carbons (Fsp3) is 0.571. The zero-order valence-electron chi connectivity index (χ0n) is 10.8. The van der Waals surface area contributed by atoms with Crippen molar-refractivity contribution in [1.29, 1.82) is 5.26 Å². The minimum atomic E-state index is -0.498. The van der Waals surface area contributed by atoms with Crippen molar-refractivity contribution >= 4 is 17.2 Å². The van der Waals surface area contributed by atoms with Gasteiger partial charge in [-0.25, -0.2) is 0 Å². The second kappa shape index (κ2) is 5.11. The number of hydrogen-bond acceptors (Lipinski definition) is 3. The Bertz CT molecular complexity index is 484. The molecule has 0 saturated carbocycles. The van der Waals surface area contributed by atoms with E-state index in [4.69, 9.17) is 5.26 Å². The highest BCUT2D eigenvalue weighted by atomic mass is 32.1. The average Bonchev–Trinajstić information content (AvgIpc) is 2.84. The maximum absolute atomic E-state index is 12.2. The van der Waals surface area contributed by atoms with Crippen LogP contribution in [0, 0.1) is 16.7 Å². The van der Waals surface area contributed by atoms with E-state index in [1.54, 1.807) is 11.3 Å². The first-order chi connectivity index (χ1) is 8.53. The minimum Gasteiger partial charge on any atom is -0.354 e. The van der Waals surface area contributed by atoms with Crippen LogP contribution in [0.2, 0.25) is 0 Å². The van der Waals surface area contributed by atoms with Crippen LogP contribution in [0.15, 0.2) is 11.4 Å². The largest absolute Gasteiger partial charge is 0.354 e. The van der Waals surface area contributed by atoms with Crippen molar-refractivity contribution in [3.05, 3.63) is 21.9 Å². The molecule has 1 heterocycles. The molecule has 1 unspecified atom stereocenters. The molecule has 1 aromatic rings. The second-order valence-electron chi connectivity index (χ2n) is 5.46. The number of carbonyl (C=O) groups is 1. The number of aryl methyl sites for hydroxylation is 1. The van der Waals surface area contributed by atoms with Gasteiger partial charge >= 0.3 is 0 Å². The monoisotopic (exact) mass is 262 g/mol. The third-order valence-electron chi connectivity index (χ3n) is 3.38. The maximum Gasteiger partial charge on any atom is 0.227 e. The fourth-order valence-corrected chi connectivity index (χ4v) is 3.22. The van der Waals surface area contributed by atoms with E-state index in [0.29, 0.717) is 6.54 Å². The predicted molar refractivity (Wildman–Crippen MR) is 72.4 cm³/mol. The molecule has 1 atom stereocenters. The molecule has 1 N–H and O–H groups in total. The van der Waals surface area contributed by atoms with Crippen molar-refractivity contribution in [2.24, 2.45) is 5.41 Å². The molecular formula is C14H18N2OS. The molecule has 0 spiro atoms. The van der Waals surface area contributed by atoms with Crippen LogP contribution in [0.1, 0.15) is 43.0 Å². The molecule has 1 aliphatic rings. The van der Waals surface area contributed by atoms with Gasteiger partial charge < -0.3 is 5.32 Å². The van der Waals surface area contributed by atoms with Crippen molar-refractivity contribution in [2.45, 2.75) is 39.0 Å². The number of nitrogens with one attached hydrogen (secondary N) is 1. The van der Waals surface area contributed by atoms with Gasteiger partial charge in [0.05, 0.1) is 17.4 Å². The first-order valence-electron chi connectivity index (χ1n) is 6.29. The molecule has 1 amide bonds. The summed E-state index contributed by atoms with van der Waals surface area (Å²) in [5.41, 5.74) is 0.695. The molecule has 4 heteroatoms. The Morgan fingerprint density at radius 3 is 3.17 bits per heavy atom. The van der Waals surface area contributed by atoms with Crippen molar-refractivity contribution in [2.75, 3.05) is 6.54 Å². The summed E-state index contributed by atoms with van der Waals surface area (Å²) in [5.74, 6) is 0.0483.